The Hall–Kier alpha value is -1.05. The molecule has 0 aliphatic heterocycles. The number of hydrogen-bond acceptors (Lipinski definition) is 2. The summed E-state index contributed by atoms with van der Waals surface area (Å²) in [7, 11) is 2.68. The number of carbonyl (C=O) groups excluding carboxylic acids is 1. The molecule has 0 saturated carbocycles. The minimum Gasteiger partial charge on any atom is -0.332 e. The second kappa shape index (κ2) is 4.44. The molecule has 16 heavy (non-hydrogen) atoms. The zero-order valence-corrected chi connectivity index (χ0v) is 10.1. The van der Waals surface area contributed by atoms with Gasteiger partial charge in [-0.05, 0) is 15.9 Å². The van der Waals surface area contributed by atoms with Crippen molar-refractivity contribution < 1.29 is 18.0 Å². The van der Waals surface area contributed by atoms with Crippen molar-refractivity contribution in [2.45, 2.75) is 12.7 Å². The van der Waals surface area contributed by atoms with Gasteiger partial charge in [0.15, 0.2) is 0 Å². The first-order valence-electron chi connectivity index (χ1n) is 4.22. The van der Waals surface area contributed by atoms with Gasteiger partial charge in [0, 0.05) is 14.1 Å². The smallest absolute Gasteiger partial charge is 0.332 e. The van der Waals surface area contributed by atoms with Crippen molar-refractivity contribution in [3.05, 3.63) is 16.4 Å². The first-order chi connectivity index (χ1) is 7.23. The zero-order valence-electron chi connectivity index (χ0n) is 8.55. The number of nitrogens with zero attached hydrogens (tertiary/aromatic N) is 3. The van der Waals surface area contributed by atoms with E-state index in [1.165, 1.54) is 10.9 Å². The van der Waals surface area contributed by atoms with E-state index in [4.69, 9.17) is 0 Å². The lowest BCUT2D eigenvalue weighted by atomic mass is 10.4. The van der Waals surface area contributed by atoms with Gasteiger partial charge in [-0.25, -0.2) is 0 Å². The summed E-state index contributed by atoms with van der Waals surface area (Å²) in [6, 6.07) is 0. The molecule has 0 saturated heterocycles. The highest BCUT2D eigenvalue weighted by molar-refractivity contribution is 9.10. The highest BCUT2D eigenvalue weighted by Gasteiger charge is 2.41. The number of alkyl halides is 3. The van der Waals surface area contributed by atoms with Crippen molar-refractivity contribution in [2.75, 3.05) is 7.05 Å². The molecular weight excluding hydrogens is 291 g/mol. The van der Waals surface area contributed by atoms with E-state index >= 15 is 0 Å². The summed E-state index contributed by atoms with van der Waals surface area (Å²) in [5.74, 6) is -1.87. The van der Waals surface area contributed by atoms with E-state index in [-0.39, 0.29) is 6.54 Å². The number of halogens is 4. The molecule has 1 aromatic heterocycles. The third kappa shape index (κ3) is 2.75. The molecule has 0 spiro atoms. The number of amides is 1. The molecule has 0 fully saturated rings. The molecule has 8 heteroatoms. The quantitative estimate of drug-likeness (QED) is 0.834. The lowest BCUT2D eigenvalue weighted by Crippen LogP contribution is -2.38. The van der Waals surface area contributed by atoms with E-state index in [9.17, 15) is 18.0 Å². The molecule has 1 rings (SSSR count). The predicted molar refractivity (Wildman–Crippen MR) is 53.4 cm³/mol. The number of aromatic nitrogens is 2. The topological polar surface area (TPSA) is 38.1 Å². The van der Waals surface area contributed by atoms with Crippen LogP contribution in [0.3, 0.4) is 0 Å². The van der Waals surface area contributed by atoms with Gasteiger partial charge in [-0.1, -0.05) is 0 Å². The fraction of sp³-hybridized carbons (Fsp3) is 0.500. The van der Waals surface area contributed by atoms with Gasteiger partial charge in [0.05, 0.1) is 22.9 Å². The van der Waals surface area contributed by atoms with Gasteiger partial charge in [-0.2, -0.15) is 18.3 Å². The number of carbonyl (C=O) groups is 1. The number of aryl methyl sites for hydroxylation is 1. The molecule has 1 aromatic rings. The molecule has 0 aliphatic rings. The minimum atomic E-state index is -4.85. The SMILES string of the molecule is CN(Cc1c(Br)cnn1C)C(=O)C(F)(F)F. The summed E-state index contributed by atoms with van der Waals surface area (Å²) in [6.45, 7) is -0.157. The van der Waals surface area contributed by atoms with Crippen LogP contribution >= 0.6 is 15.9 Å². The summed E-state index contributed by atoms with van der Waals surface area (Å²) in [4.78, 5) is 11.5. The third-order valence-electron chi connectivity index (χ3n) is 1.99. The second-order valence-electron chi connectivity index (χ2n) is 3.22. The van der Waals surface area contributed by atoms with Crippen molar-refractivity contribution in [2.24, 2.45) is 7.05 Å². The van der Waals surface area contributed by atoms with Crippen LogP contribution in [0.25, 0.3) is 0 Å². The van der Waals surface area contributed by atoms with Gasteiger partial charge in [-0.3, -0.25) is 9.48 Å². The first-order valence-corrected chi connectivity index (χ1v) is 5.01. The molecule has 0 aromatic carbocycles. The van der Waals surface area contributed by atoms with Crippen LogP contribution in [0, 0.1) is 0 Å². The maximum absolute atomic E-state index is 12.1. The van der Waals surface area contributed by atoms with Crippen LogP contribution in [0.4, 0.5) is 13.2 Å². The highest BCUT2D eigenvalue weighted by Crippen LogP contribution is 2.21. The molecular formula is C8H9BrF3N3O. The molecule has 0 radical (unpaired) electrons. The summed E-state index contributed by atoms with van der Waals surface area (Å²) in [6.07, 6.45) is -3.39. The standard InChI is InChI=1S/C8H9BrF3N3O/c1-14(7(16)8(10,11)12)4-6-5(9)3-13-15(6)2/h3H,4H2,1-2H3. The zero-order chi connectivity index (χ0) is 12.5. The van der Waals surface area contributed by atoms with Gasteiger partial charge in [0.2, 0.25) is 0 Å². The summed E-state index contributed by atoms with van der Waals surface area (Å²) in [5.41, 5.74) is 0.500. The Balaban J connectivity index is 2.80. The van der Waals surface area contributed by atoms with Gasteiger partial charge in [0.25, 0.3) is 0 Å². The van der Waals surface area contributed by atoms with Crippen LogP contribution in [-0.4, -0.2) is 33.8 Å². The predicted octanol–water partition coefficient (Wildman–Crippen LogP) is 1.70. The van der Waals surface area contributed by atoms with Crippen LogP contribution < -0.4 is 0 Å². The largest absolute Gasteiger partial charge is 0.471 e. The molecule has 0 aliphatic carbocycles. The van der Waals surface area contributed by atoms with Crippen molar-refractivity contribution >= 4 is 21.8 Å². The van der Waals surface area contributed by atoms with E-state index in [2.05, 4.69) is 21.0 Å². The molecule has 0 N–H and O–H groups in total. The average molecular weight is 300 g/mol. The lowest BCUT2D eigenvalue weighted by Gasteiger charge is -2.18. The summed E-state index contributed by atoms with van der Waals surface area (Å²) in [5, 5.41) is 3.84. The summed E-state index contributed by atoms with van der Waals surface area (Å²) < 4.78 is 38.3. The van der Waals surface area contributed by atoms with Crippen LogP contribution in [0.15, 0.2) is 10.7 Å². The van der Waals surface area contributed by atoms with Crippen molar-refractivity contribution in [3.63, 3.8) is 0 Å². The fourth-order valence-electron chi connectivity index (χ4n) is 1.13. The minimum absolute atomic E-state index is 0.157. The fourth-order valence-corrected chi connectivity index (χ4v) is 1.60. The third-order valence-corrected chi connectivity index (χ3v) is 2.65. The van der Waals surface area contributed by atoms with E-state index in [0.717, 1.165) is 7.05 Å². The average Bonchev–Trinajstić information content (AvgIpc) is 2.46. The Morgan fingerprint density at radius 1 is 1.62 bits per heavy atom. The molecule has 1 heterocycles. The van der Waals surface area contributed by atoms with E-state index in [1.54, 1.807) is 7.05 Å². The van der Waals surface area contributed by atoms with E-state index in [1.807, 2.05) is 0 Å². The Bertz CT molecular complexity index is 382. The van der Waals surface area contributed by atoms with Crippen LogP contribution in [0.1, 0.15) is 5.69 Å². The second-order valence-corrected chi connectivity index (χ2v) is 4.08. The first kappa shape index (κ1) is 13.0. The van der Waals surface area contributed by atoms with Crippen molar-refractivity contribution in [3.8, 4) is 0 Å². The molecule has 4 nitrogen and oxygen atoms in total. The maximum Gasteiger partial charge on any atom is 0.471 e. The number of rotatable bonds is 2. The van der Waals surface area contributed by atoms with Crippen LogP contribution in [-0.2, 0) is 18.4 Å². The normalized spacial score (nSPS) is 11.6. The van der Waals surface area contributed by atoms with Crippen LogP contribution in [0.2, 0.25) is 0 Å². The monoisotopic (exact) mass is 299 g/mol. The van der Waals surface area contributed by atoms with E-state index in [0.29, 0.717) is 15.1 Å². The van der Waals surface area contributed by atoms with E-state index < -0.39 is 12.1 Å². The molecule has 1 amide bonds. The van der Waals surface area contributed by atoms with Crippen molar-refractivity contribution in [1.29, 1.82) is 0 Å². The molecule has 0 atom stereocenters. The molecule has 90 valence electrons. The highest BCUT2D eigenvalue weighted by atomic mass is 79.9. The Morgan fingerprint density at radius 2 is 2.19 bits per heavy atom. The van der Waals surface area contributed by atoms with Crippen LogP contribution in [0.5, 0.6) is 0 Å². The van der Waals surface area contributed by atoms with Gasteiger partial charge in [0.1, 0.15) is 0 Å². The maximum atomic E-state index is 12.1. The van der Waals surface area contributed by atoms with Crippen molar-refractivity contribution in [1.82, 2.24) is 14.7 Å². The van der Waals surface area contributed by atoms with Gasteiger partial charge in [-0.15, -0.1) is 0 Å². The lowest BCUT2D eigenvalue weighted by molar-refractivity contribution is -0.184. The number of hydrogen-bond donors (Lipinski definition) is 0. The van der Waals surface area contributed by atoms with Gasteiger partial charge >= 0.3 is 12.1 Å². The molecule has 0 unspecified atom stereocenters. The molecule has 0 bridgehead atoms. The Labute approximate surface area is 98.1 Å². The Morgan fingerprint density at radius 3 is 2.56 bits per heavy atom. The Kier molecular flexibility index (Phi) is 3.61. The summed E-state index contributed by atoms with van der Waals surface area (Å²) >= 11 is 3.14. The van der Waals surface area contributed by atoms with Gasteiger partial charge < -0.3 is 4.90 Å².